The van der Waals surface area contributed by atoms with Crippen molar-refractivity contribution in [3.05, 3.63) is 113 Å². The second-order valence-corrected chi connectivity index (χ2v) is 11.4. The monoisotopic (exact) mass is 593 g/mol. The number of amides is 1. The lowest BCUT2D eigenvalue weighted by Crippen LogP contribution is -2.32. The molecule has 2 aromatic heterocycles. The summed E-state index contributed by atoms with van der Waals surface area (Å²) in [5.41, 5.74) is 6.26. The Morgan fingerprint density at radius 1 is 0.884 bits per heavy atom. The van der Waals surface area contributed by atoms with Crippen molar-refractivity contribution in [1.82, 2.24) is 19.5 Å². The summed E-state index contributed by atoms with van der Waals surface area (Å²) in [6.07, 6.45) is 2.75. The van der Waals surface area contributed by atoms with Crippen molar-refractivity contribution in [2.45, 2.75) is 45.4 Å². The minimum Gasteiger partial charge on any atom is -0.460 e. The van der Waals surface area contributed by atoms with Crippen molar-refractivity contribution in [3.8, 4) is 0 Å². The van der Waals surface area contributed by atoms with E-state index in [2.05, 4.69) is 20.3 Å². The average molecular weight is 594 g/mol. The number of carbonyl (C=O) groups excluding carboxylic acids is 3. The number of ether oxygens (including phenoxy) is 1. The molecule has 0 fully saturated rings. The number of hydrogen-bond donors (Lipinski definition) is 1. The standard InChI is InChI=1S/C33H31N5O4S/c1-20-10-11-23(4)26(15-20)37-32(41)29(30(40)25-13-21(2)12-22(3)14-25)38-19-36-28-31(38)34-18-35-33(28)43-17-27(39)42-16-24-8-6-5-7-9-24/h5-15,18-19,29H,16-17H2,1-4H3,(H,37,41). The van der Waals surface area contributed by atoms with Gasteiger partial charge in [-0.25, -0.2) is 15.0 Å². The van der Waals surface area contributed by atoms with Gasteiger partial charge < -0.3 is 10.1 Å². The molecule has 0 radical (unpaired) electrons. The number of nitrogens with one attached hydrogen (secondary N) is 1. The van der Waals surface area contributed by atoms with Crippen molar-refractivity contribution in [1.29, 1.82) is 0 Å². The lowest BCUT2D eigenvalue weighted by atomic mass is 9.99. The maximum atomic E-state index is 14.0. The summed E-state index contributed by atoms with van der Waals surface area (Å²) in [7, 11) is 0. The Bertz CT molecular complexity index is 1800. The van der Waals surface area contributed by atoms with Crippen LogP contribution in [-0.2, 0) is 20.9 Å². The molecule has 0 saturated heterocycles. The highest BCUT2D eigenvalue weighted by Crippen LogP contribution is 2.28. The number of ketones is 1. The molecule has 1 unspecified atom stereocenters. The van der Waals surface area contributed by atoms with Crippen LogP contribution in [-0.4, -0.2) is 42.9 Å². The Labute approximate surface area is 253 Å². The van der Waals surface area contributed by atoms with Crippen LogP contribution in [0, 0.1) is 27.7 Å². The van der Waals surface area contributed by atoms with E-state index in [0.29, 0.717) is 27.4 Å². The van der Waals surface area contributed by atoms with Gasteiger partial charge in [0.1, 0.15) is 23.5 Å². The van der Waals surface area contributed by atoms with Gasteiger partial charge in [0, 0.05) is 11.3 Å². The first-order valence-corrected chi connectivity index (χ1v) is 14.7. The van der Waals surface area contributed by atoms with E-state index < -0.39 is 23.7 Å². The molecule has 1 amide bonds. The van der Waals surface area contributed by atoms with Crippen LogP contribution in [0.3, 0.4) is 0 Å². The summed E-state index contributed by atoms with van der Waals surface area (Å²) < 4.78 is 6.85. The molecule has 0 aliphatic rings. The third-order valence-corrected chi connectivity index (χ3v) is 7.78. The molecule has 0 spiro atoms. The second-order valence-electron chi connectivity index (χ2n) is 10.4. The Balaban J connectivity index is 1.44. The van der Waals surface area contributed by atoms with Crippen LogP contribution in [0.1, 0.15) is 44.2 Å². The number of thioether (sulfide) groups is 1. The first kappa shape index (κ1) is 29.7. The van der Waals surface area contributed by atoms with Gasteiger partial charge in [-0.2, -0.15) is 0 Å². The van der Waals surface area contributed by atoms with E-state index in [-0.39, 0.29) is 12.4 Å². The Hall–Kier alpha value is -4.83. The smallest absolute Gasteiger partial charge is 0.316 e. The maximum absolute atomic E-state index is 14.0. The lowest BCUT2D eigenvalue weighted by Gasteiger charge is -2.19. The van der Waals surface area contributed by atoms with E-state index >= 15 is 0 Å². The molecule has 5 aromatic rings. The Morgan fingerprint density at radius 3 is 2.37 bits per heavy atom. The molecule has 1 N–H and O–H groups in total. The molecular weight excluding hydrogens is 562 g/mol. The molecule has 2 heterocycles. The Kier molecular flexibility index (Phi) is 8.96. The average Bonchev–Trinajstić information content (AvgIpc) is 3.41. The van der Waals surface area contributed by atoms with Gasteiger partial charge in [-0.1, -0.05) is 71.4 Å². The number of benzene rings is 3. The number of aromatic nitrogens is 4. The third-order valence-electron chi connectivity index (χ3n) is 6.83. The highest BCUT2D eigenvalue weighted by atomic mass is 32.2. The number of carbonyl (C=O) groups is 3. The topological polar surface area (TPSA) is 116 Å². The lowest BCUT2D eigenvalue weighted by molar-refractivity contribution is -0.141. The van der Waals surface area contributed by atoms with Gasteiger partial charge in [0.15, 0.2) is 17.5 Å². The summed E-state index contributed by atoms with van der Waals surface area (Å²) in [5.74, 6) is -1.32. The summed E-state index contributed by atoms with van der Waals surface area (Å²) >= 11 is 1.15. The largest absolute Gasteiger partial charge is 0.460 e. The molecule has 218 valence electrons. The molecule has 0 saturated carbocycles. The normalized spacial score (nSPS) is 11.7. The molecule has 10 heteroatoms. The number of imidazole rings is 1. The highest BCUT2D eigenvalue weighted by molar-refractivity contribution is 8.00. The number of fused-ring (bicyclic) bond motifs is 1. The van der Waals surface area contributed by atoms with Crippen molar-refractivity contribution >= 4 is 46.3 Å². The van der Waals surface area contributed by atoms with Crippen LogP contribution in [0.5, 0.6) is 0 Å². The van der Waals surface area contributed by atoms with E-state index in [1.165, 1.54) is 17.2 Å². The highest BCUT2D eigenvalue weighted by Gasteiger charge is 2.32. The van der Waals surface area contributed by atoms with Gasteiger partial charge in [0.05, 0.1) is 12.1 Å². The fourth-order valence-corrected chi connectivity index (χ4v) is 5.49. The number of anilines is 1. The first-order valence-electron chi connectivity index (χ1n) is 13.7. The van der Waals surface area contributed by atoms with Gasteiger partial charge >= 0.3 is 5.97 Å². The van der Waals surface area contributed by atoms with Crippen molar-refractivity contribution in [3.63, 3.8) is 0 Å². The summed E-state index contributed by atoms with van der Waals surface area (Å²) in [6, 6.07) is 19.4. The molecule has 43 heavy (non-hydrogen) atoms. The zero-order chi connectivity index (χ0) is 30.5. The minimum atomic E-state index is -1.30. The van der Waals surface area contributed by atoms with Crippen molar-refractivity contribution < 1.29 is 19.1 Å². The molecule has 0 aliphatic carbocycles. The zero-order valence-corrected chi connectivity index (χ0v) is 25.1. The van der Waals surface area contributed by atoms with Gasteiger partial charge in [0.25, 0.3) is 5.91 Å². The van der Waals surface area contributed by atoms with Crippen LogP contribution in [0.15, 0.2) is 84.4 Å². The van der Waals surface area contributed by atoms with E-state index in [1.54, 1.807) is 12.1 Å². The van der Waals surface area contributed by atoms with Crippen LogP contribution in [0.4, 0.5) is 5.69 Å². The molecular formula is C33H31N5O4S. The van der Waals surface area contributed by atoms with E-state index in [9.17, 15) is 14.4 Å². The fraction of sp³-hybridized carbons (Fsp3) is 0.212. The van der Waals surface area contributed by atoms with E-state index in [4.69, 9.17) is 4.74 Å². The SMILES string of the molecule is Cc1cc(C)cc(C(=O)C(C(=O)Nc2cc(C)ccc2C)n2cnc3c(SCC(=O)OCc4ccccc4)ncnc32)c1. The van der Waals surface area contributed by atoms with Crippen LogP contribution in [0.2, 0.25) is 0 Å². The Morgan fingerprint density at radius 2 is 1.63 bits per heavy atom. The summed E-state index contributed by atoms with van der Waals surface area (Å²) in [5, 5.41) is 3.39. The predicted molar refractivity (Wildman–Crippen MR) is 166 cm³/mol. The van der Waals surface area contributed by atoms with Crippen LogP contribution >= 0.6 is 11.8 Å². The van der Waals surface area contributed by atoms with Crippen molar-refractivity contribution in [2.24, 2.45) is 0 Å². The molecule has 0 bridgehead atoms. The fourth-order valence-electron chi connectivity index (χ4n) is 4.75. The van der Waals surface area contributed by atoms with E-state index in [1.807, 2.05) is 82.3 Å². The van der Waals surface area contributed by atoms with E-state index in [0.717, 1.165) is 39.6 Å². The van der Waals surface area contributed by atoms with Gasteiger partial charge in [-0.15, -0.1) is 0 Å². The van der Waals surface area contributed by atoms with Crippen LogP contribution < -0.4 is 5.32 Å². The number of rotatable bonds is 10. The first-order chi connectivity index (χ1) is 20.7. The van der Waals surface area contributed by atoms with Gasteiger partial charge in [-0.05, 0) is 62.6 Å². The van der Waals surface area contributed by atoms with Gasteiger partial charge in [-0.3, -0.25) is 19.0 Å². The van der Waals surface area contributed by atoms with Crippen LogP contribution in [0.25, 0.3) is 11.2 Å². The van der Waals surface area contributed by atoms with Gasteiger partial charge in [0.2, 0.25) is 0 Å². The maximum Gasteiger partial charge on any atom is 0.316 e. The molecule has 5 rings (SSSR count). The second kappa shape index (κ2) is 13.0. The minimum absolute atomic E-state index is 0.00383. The zero-order valence-electron chi connectivity index (χ0n) is 24.3. The quantitative estimate of drug-likeness (QED) is 0.0694. The molecule has 3 aromatic carbocycles. The summed E-state index contributed by atoms with van der Waals surface area (Å²) in [4.78, 5) is 53.6. The molecule has 9 nitrogen and oxygen atoms in total. The third kappa shape index (κ3) is 6.98. The number of Topliss-reactive ketones (excluding diaryl/α,β-unsaturated/α-hetero) is 1. The number of nitrogens with zero attached hydrogens (tertiary/aromatic N) is 4. The number of aryl methyl sites for hydroxylation is 4. The predicted octanol–water partition coefficient (Wildman–Crippen LogP) is 5.96. The molecule has 0 aliphatic heterocycles. The molecule has 1 atom stereocenters. The summed E-state index contributed by atoms with van der Waals surface area (Å²) in [6.45, 7) is 7.81. The van der Waals surface area contributed by atoms with Crippen molar-refractivity contribution in [2.75, 3.05) is 11.1 Å². The number of hydrogen-bond acceptors (Lipinski definition) is 8. The number of esters is 1.